The molecule has 0 spiro atoms. The molecule has 0 aliphatic carbocycles. The van der Waals surface area contributed by atoms with Crippen LogP contribution in [0.3, 0.4) is 0 Å². The Labute approximate surface area is 172 Å². The smallest absolute Gasteiger partial charge is 0.315 e. The van der Waals surface area contributed by atoms with Crippen LogP contribution in [0.15, 0.2) is 48.5 Å². The van der Waals surface area contributed by atoms with E-state index in [1.165, 1.54) is 10.9 Å². The molecule has 0 unspecified atom stereocenters. The van der Waals surface area contributed by atoms with Crippen molar-refractivity contribution < 1.29 is 9.53 Å². The van der Waals surface area contributed by atoms with Crippen LogP contribution in [0.4, 0.5) is 4.79 Å². The number of ether oxygens (including phenoxy) is 1. The highest BCUT2D eigenvalue weighted by Crippen LogP contribution is 2.21. The molecule has 0 bridgehead atoms. The molecule has 3 N–H and O–H groups in total. The number of H-pyrrole nitrogens is 1. The largest absolute Gasteiger partial charge is 0.371 e. The SMILES string of the molecule is Cc1[nH]c2ccccc2c1CCNC(=O)NCc1cccc(COC(C)(C)C)c1. The van der Waals surface area contributed by atoms with E-state index in [4.69, 9.17) is 4.74 Å². The van der Waals surface area contributed by atoms with Crippen molar-refractivity contribution in [1.29, 1.82) is 0 Å². The molecule has 154 valence electrons. The number of aromatic amines is 1. The molecule has 0 radical (unpaired) electrons. The number of amides is 2. The van der Waals surface area contributed by atoms with Gasteiger partial charge in [-0.15, -0.1) is 0 Å². The number of carbonyl (C=O) groups is 1. The van der Waals surface area contributed by atoms with Gasteiger partial charge in [-0.05, 0) is 56.9 Å². The van der Waals surface area contributed by atoms with Crippen molar-refractivity contribution in [2.75, 3.05) is 6.54 Å². The van der Waals surface area contributed by atoms with Gasteiger partial charge in [0.1, 0.15) is 0 Å². The number of para-hydroxylation sites is 1. The lowest BCUT2D eigenvalue weighted by Crippen LogP contribution is -2.36. The van der Waals surface area contributed by atoms with Crippen molar-refractivity contribution in [2.24, 2.45) is 0 Å². The van der Waals surface area contributed by atoms with Crippen LogP contribution in [0.25, 0.3) is 10.9 Å². The molecule has 1 heterocycles. The number of nitrogens with one attached hydrogen (secondary N) is 3. The Hall–Kier alpha value is -2.79. The average Bonchev–Trinajstić information content (AvgIpc) is 3.00. The van der Waals surface area contributed by atoms with E-state index in [2.05, 4.69) is 40.7 Å². The maximum Gasteiger partial charge on any atom is 0.315 e. The molecule has 0 fully saturated rings. The van der Waals surface area contributed by atoms with Crippen molar-refractivity contribution in [3.63, 3.8) is 0 Å². The summed E-state index contributed by atoms with van der Waals surface area (Å²) in [6, 6.07) is 16.2. The lowest BCUT2D eigenvalue weighted by Gasteiger charge is -2.19. The van der Waals surface area contributed by atoms with Crippen LogP contribution in [0.5, 0.6) is 0 Å². The zero-order valence-corrected chi connectivity index (χ0v) is 17.8. The van der Waals surface area contributed by atoms with Gasteiger partial charge in [-0.1, -0.05) is 42.5 Å². The van der Waals surface area contributed by atoms with Gasteiger partial charge in [0, 0.05) is 29.7 Å². The van der Waals surface area contributed by atoms with Crippen LogP contribution in [0, 0.1) is 6.92 Å². The number of fused-ring (bicyclic) bond motifs is 1. The first-order valence-corrected chi connectivity index (χ1v) is 10.1. The summed E-state index contributed by atoms with van der Waals surface area (Å²) in [4.78, 5) is 15.6. The van der Waals surface area contributed by atoms with Gasteiger partial charge in [0.25, 0.3) is 0 Å². The summed E-state index contributed by atoms with van der Waals surface area (Å²) in [5.41, 5.74) is 5.55. The zero-order valence-electron chi connectivity index (χ0n) is 17.8. The molecule has 0 saturated heterocycles. The minimum atomic E-state index is -0.169. The Morgan fingerprint density at radius 1 is 1.03 bits per heavy atom. The Morgan fingerprint density at radius 2 is 1.79 bits per heavy atom. The molecule has 0 aliphatic heterocycles. The fourth-order valence-corrected chi connectivity index (χ4v) is 3.33. The number of rotatable bonds is 7. The van der Waals surface area contributed by atoms with Gasteiger partial charge >= 0.3 is 6.03 Å². The topological polar surface area (TPSA) is 66.2 Å². The number of urea groups is 1. The summed E-state index contributed by atoms with van der Waals surface area (Å²) in [5, 5.41) is 7.11. The second-order valence-corrected chi connectivity index (χ2v) is 8.35. The predicted molar refractivity (Wildman–Crippen MR) is 118 cm³/mol. The van der Waals surface area contributed by atoms with Crippen molar-refractivity contribution >= 4 is 16.9 Å². The number of hydrogen-bond donors (Lipinski definition) is 3. The van der Waals surface area contributed by atoms with Gasteiger partial charge < -0.3 is 20.4 Å². The third-order valence-electron chi connectivity index (χ3n) is 4.80. The third kappa shape index (κ3) is 6.09. The second kappa shape index (κ2) is 9.14. The van der Waals surface area contributed by atoms with Crippen molar-refractivity contribution in [1.82, 2.24) is 15.6 Å². The summed E-state index contributed by atoms with van der Waals surface area (Å²) < 4.78 is 5.82. The van der Waals surface area contributed by atoms with Crippen LogP contribution >= 0.6 is 0 Å². The molecule has 5 heteroatoms. The van der Waals surface area contributed by atoms with Crippen LogP contribution in [-0.2, 0) is 24.3 Å². The van der Waals surface area contributed by atoms with E-state index >= 15 is 0 Å². The summed E-state index contributed by atoms with van der Waals surface area (Å²) >= 11 is 0. The maximum atomic E-state index is 12.2. The molecule has 0 saturated carbocycles. The number of carbonyl (C=O) groups excluding carboxylic acids is 1. The molecule has 5 nitrogen and oxygen atoms in total. The lowest BCUT2D eigenvalue weighted by atomic mass is 10.1. The van der Waals surface area contributed by atoms with E-state index < -0.39 is 0 Å². The highest BCUT2D eigenvalue weighted by atomic mass is 16.5. The molecule has 2 amide bonds. The first-order valence-electron chi connectivity index (χ1n) is 10.1. The molecule has 0 atom stereocenters. The number of aryl methyl sites for hydroxylation is 1. The molecule has 2 aromatic carbocycles. The average molecular weight is 394 g/mol. The van der Waals surface area contributed by atoms with Gasteiger partial charge in [0.05, 0.1) is 12.2 Å². The highest BCUT2D eigenvalue weighted by Gasteiger charge is 2.11. The van der Waals surface area contributed by atoms with Crippen molar-refractivity contribution in [3.8, 4) is 0 Å². The van der Waals surface area contributed by atoms with E-state index in [1.807, 2.05) is 51.1 Å². The monoisotopic (exact) mass is 393 g/mol. The zero-order chi connectivity index (χ0) is 20.9. The van der Waals surface area contributed by atoms with E-state index in [1.54, 1.807) is 0 Å². The van der Waals surface area contributed by atoms with Gasteiger partial charge in [0.2, 0.25) is 0 Å². The summed E-state index contributed by atoms with van der Waals surface area (Å²) in [5.74, 6) is 0. The number of benzene rings is 2. The predicted octanol–water partition coefficient (Wildman–Crippen LogP) is 4.83. The van der Waals surface area contributed by atoms with Gasteiger partial charge in [-0.2, -0.15) is 0 Å². The number of hydrogen-bond acceptors (Lipinski definition) is 2. The minimum Gasteiger partial charge on any atom is -0.371 e. The lowest BCUT2D eigenvalue weighted by molar-refractivity contribution is -0.0149. The molecule has 29 heavy (non-hydrogen) atoms. The van der Waals surface area contributed by atoms with E-state index in [0.29, 0.717) is 19.7 Å². The van der Waals surface area contributed by atoms with Crippen LogP contribution in [0.1, 0.15) is 43.2 Å². The van der Waals surface area contributed by atoms with Gasteiger partial charge in [-0.3, -0.25) is 0 Å². The van der Waals surface area contributed by atoms with Crippen LogP contribution in [-0.4, -0.2) is 23.2 Å². The molecule has 3 aromatic rings. The Morgan fingerprint density at radius 3 is 2.59 bits per heavy atom. The fraction of sp³-hybridized carbons (Fsp3) is 0.375. The normalized spacial score (nSPS) is 11.6. The minimum absolute atomic E-state index is 0.154. The second-order valence-electron chi connectivity index (χ2n) is 8.35. The number of aromatic nitrogens is 1. The summed E-state index contributed by atoms with van der Waals surface area (Å²) in [7, 11) is 0. The van der Waals surface area contributed by atoms with E-state index in [9.17, 15) is 4.79 Å². The third-order valence-corrected chi connectivity index (χ3v) is 4.80. The van der Waals surface area contributed by atoms with Gasteiger partial charge in [0.15, 0.2) is 0 Å². The molecule has 1 aromatic heterocycles. The fourth-order valence-electron chi connectivity index (χ4n) is 3.33. The quantitative estimate of drug-likeness (QED) is 0.538. The standard InChI is InChI=1S/C24H31N3O2/c1-17-20(21-10-5-6-11-22(21)27-17)12-13-25-23(28)26-15-18-8-7-9-19(14-18)16-29-24(2,3)4/h5-11,14,27H,12-13,15-16H2,1-4H3,(H2,25,26,28). The summed E-state index contributed by atoms with van der Waals surface area (Å²) in [6.45, 7) is 9.84. The summed E-state index contributed by atoms with van der Waals surface area (Å²) in [6.07, 6.45) is 0.795. The van der Waals surface area contributed by atoms with Crippen molar-refractivity contribution in [2.45, 2.75) is 52.9 Å². The molecule has 0 aliphatic rings. The Bertz CT molecular complexity index is 970. The van der Waals surface area contributed by atoms with Crippen molar-refractivity contribution in [3.05, 3.63) is 70.9 Å². The molecular weight excluding hydrogens is 362 g/mol. The van der Waals surface area contributed by atoms with Gasteiger partial charge in [-0.25, -0.2) is 4.79 Å². The van der Waals surface area contributed by atoms with Crippen LogP contribution in [0.2, 0.25) is 0 Å². The van der Waals surface area contributed by atoms with E-state index in [-0.39, 0.29) is 11.6 Å². The Balaban J connectivity index is 1.46. The highest BCUT2D eigenvalue weighted by molar-refractivity contribution is 5.84. The molecule has 3 rings (SSSR count). The van der Waals surface area contributed by atoms with E-state index in [0.717, 1.165) is 28.8 Å². The Kier molecular flexibility index (Phi) is 6.60. The first-order chi connectivity index (χ1) is 13.8. The van der Waals surface area contributed by atoms with Crippen LogP contribution < -0.4 is 10.6 Å². The maximum absolute atomic E-state index is 12.2. The first kappa shape index (κ1) is 20.9. The molecular formula is C24H31N3O2.